The van der Waals surface area contributed by atoms with Crippen LogP contribution in [-0.4, -0.2) is 21.4 Å². The van der Waals surface area contributed by atoms with Crippen molar-refractivity contribution in [1.82, 2.24) is 9.55 Å². The number of carbonyl (C=O) groups excluding carboxylic acids is 1. The van der Waals surface area contributed by atoms with E-state index in [0.717, 1.165) is 11.3 Å². The number of imidazole rings is 1. The topological polar surface area (TPSA) is 68.5 Å². The third-order valence-corrected chi connectivity index (χ3v) is 3.37. The predicted molar refractivity (Wildman–Crippen MR) is 92.3 cm³/mol. The Bertz CT molecular complexity index is 825. The fourth-order valence-electron chi connectivity index (χ4n) is 2.11. The van der Waals surface area contributed by atoms with Crippen molar-refractivity contribution in [2.75, 3.05) is 5.32 Å². The lowest BCUT2D eigenvalue weighted by Gasteiger charge is -2.05. The first-order valence-electron chi connectivity index (χ1n) is 7.39. The Labute approximate surface area is 139 Å². The van der Waals surface area contributed by atoms with E-state index in [9.17, 15) is 4.79 Å². The number of nitrogens with one attached hydrogen (secondary N) is 1. The Hall–Kier alpha value is -3.41. The van der Waals surface area contributed by atoms with E-state index in [-0.39, 0.29) is 0 Å². The van der Waals surface area contributed by atoms with Gasteiger partial charge in [0.05, 0.1) is 12.0 Å². The highest BCUT2D eigenvalue weighted by Gasteiger charge is 2.04. The lowest BCUT2D eigenvalue weighted by Crippen LogP contribution is -2.11. The van der Waals surface area contributed by atoms with Crippen molar-refractivity contribution < 1.29 is 9.63 Å². The maximum atomic E-state index is 11.7. The third kappa shape index (κ3) is 3.86. The molecule has 1 aromatic heterocycles. The molecule has 1 heterocycles. The van der Waals surface area contributed by atoms with Crippen LogP contribution in [0.4, 0.5) is 10.5 Å². The lowest BCUT2D eigenvalue weighted by molar-refractivity contribution is 0.166. The number of para-hydroxylation sites is 1. The number of nitrogens with zero attached hydrogens (tertiary/aromatic N) is 3. The molecule has 0 saturated carbocycles. The number of anilines is 1. The fourth-order valence-corrected chi connectivity index (χ4v) is 2.11. The van der Waals surface area contributed by atoms with E-state index in [4.69, 9.17) is 4.84 Å². The minimum atomic E-state index is -0.629. The summed E-state index contributed by atoms with van der Waals surface area (Å²) in [5.74, 6) is 0. The van der Waals surface area contributed by atoms with Gasteiger partial charge in [-0.3, -0.25) is 10.2 Å². The quantitative estimate of drug-likeness (QED) is 0.451. The molecule has 1 amide bonds. The first-order chi connectivity index (χ1) is 11.7. The third-order valence-electron chi connectivity index (χ3n) is 3.37. The average molecular weight is 320 g/mol. The van der Waals surface area contributed by atoms with E-state index in [1.165, 1.54) is 0 Å². The zero-order valence-corrected chi connectivity index (χ0v) is 13.1. The van der Waals surface area contributed by atoms with Crippen LogP contribution < -0.4 is 5.32 Å². The number of carbonyl (C=O) groups is 1. The van der Waals surface area contributed by atoms with Crippen LogP contribution in [0.3, 0.4) is 0 Å². The van der Waals surface area contributed by atoms with Crippen LogP contribution in [0.2, 0.25) is 0 Å². The summed E-state index contributed by atoms with van der Waals surface area (Å²) < 4.78 is 1.90. The van der Waals surface area contributed by atoms with Crippen LogP contribution >= 0.6 is 0 Å². The van der Waals surface area contributed by atoms with Crippen molar-refractivity contribution in [2.45, 2.75) is 6.92 Å². The number of aromatic nitrogens is 2. The molecule has 2 aromatic carbocycles. The van der Waals surface area contributed by atoms with Gasteiger partial charge in [-0.15, -0.1) is 0 Å². The van der Waals surface area contributed by atoms with E-state index in [1.807, 2.05) is 53.2 Å². The molecule has 24 heavy (non-hydrogen) atoms. The summed E-state index contributed by atoms with van der Waals surface area (Å²) in [7, 11) is 0. The molecule has 0 aliphatic rings. The Morgan fingerprint density at radius 3 is 2.54 bits per heavy atom. The summed E-state index contributed by atoms with van der Waals surface area (Å²) in [5.41, 5.74) is 3.12. The lowest BCUT2D eigenvalue weighted by atomic mass is 10.1. The van der Waals surface area contributed by atoms with E-state index >= 15 is 0 Å². The number of hydrogen-bond donors (Lipinski definition) is 1. The van der Waals surface area contributed by atoms with Gasteiger partial charge in [0, 0.05) is 23.8 Å². The van der Waals surface area contributed by atoms with Gasteiger partial charge in [-0.2, -0.15) is 0 Å². The second-order valence-corrected chi connectivity index (χ2v) is 5.06. The van der Waals surface area contributed by atoms with Gasteiger partial charge in [0.2, 0.25) is 0 Å². The molecule has 0 aliphatic carbocycles. The van der Waals surface area contributed by atoms with Crippen LogP contribution in [0.25, 0.3) is 5.69 Å². The maximum absolute atomic E-state index is 11.7. The average Bonchev–Trinajstić information content (AvgIpc) is 3.15. The van der Waals surface area contributed by atoms with Crippen LogP contribution in [0, 0.1) is 0 Å². The molecule has 0 unspecified atom stereocenters. The molecule has 3 aromatic rings. The van der Waals surface area contributed by atoms with Crippen molar-refractivity contribution >= 4 is 17.5 Å². The molecule has 6 heteroatoms. The molecule has 0 atom stereocenters. The van der Waals surface area contributed by atoms with Gasteiger partial charge in [0.25, 0.3) is 0 Å². The van der Waals surface area contributed by atoms with Crippen LogP contribution in [-0.2, 0) is 4.84 Å². The number of amides is 1. The van der Waals surface area contributed by atoms with E-state index in [1.54, 1.807) is 31.6 Å². The normalized spacial score (nSPS) is 11.1. The molecular formula is C18H16N4O2. The molecule has 0 aliphatic heterocycles. The minimum Gasteiger partial charge on any atom is -0.306 e. The van der Waals surface area contributed by atoms with Gasteiger partial charge in [0.1, 0.15) is 0 Å². The molecular weight excluding hydrogens is 304 g/mol. The van der Waals surface area contributed by atoms with E-state index in [0.29, 0.717) is 11.4 Å². The second-order valence-electron chi connectivity index (χ2n) is 5.06. The van der Waals surface area contributed by atoms with Gasteiger partial charge in [-0.25, -0.2) is 9.78 Å². The highest BCUT2D eigenvalue weighted by Crippen LogP contribution is 2.11. The Morgan fingerprint density at radius 1 is 1.12 bits per heavy atom. The van der Waals surface area contributed by atoms with Crippen molar-refractivity contribution in [2.24, 2.45) is 5.16 Å². The fraction of sp³-hybridized carbons (Fsp3) is 0.0556. The number of oxime groups is 1. The van der Waals surface area contributed by atoms with Gasteiger partial charge in [-0.1, -0.05) is 35.5 Å². The molecule has 0 spiro atoms. The Kier molecular flexibility index (Phi) is 4.67. The summed E-state index contributed by atoms with van der Waals surface area (Å²) in [4.78, 5) is 20.6. The number of hydrogen-bond acceptors (Lipinski definition) is 4. The van der Waals surface area contributed by atoms with Gasteiger partial charge >= 0.3 is 6.09 Å². The molecule has 1 N–H and O–H groups in total. The number of rotatable bonds is 4. The van der Waals surface area contributed by atoms with Gasteiger partial charge in [-0.05, 0) is 36.8 Å². The van der Waals surface area contributed by atoms with E-state index in [2.05, 4.69) is 15.5 Å². The first-order valence-corrected chi connectivity index (χ1v) is 7.39. The van der Waals surface area contributed by atoms with E-state index < -0.39 is 6.09 Å². The standard InChI is InChI=1S/C18H16N4O2/c1-14(21-24-18(23)20-16-5-3-2-4-6-16)15-7-9-17(10-8-15)22-12-11-19-13-22/h2-13H,1H3,(H,20,23). The van der Waals surface area contributed by atoms with Crippen molar-refractivity contribution in [3.05, 3.63) is 78.9 Å². The van der Waals surface area contributed by atoms with Gasteiger partial charge in [0.15, 0.2) is 0 Å². The monoisotopic (exact) mass is 320 g/mol. The SMILES string of the molecule is CC(=NOC(=O)Nc1ccccc1)c1ccc(-n2ccnc2)cc1. The molecule has 6 nitrogen and oxygen atoms in total. The smallest absolute Gasteiger partial charge is 0.306 e. The van der Waals surface area contributed by atoms with Crippen molar-refractivity contribution in [3.63, 3.8) is 0 Å². The largest absolute Gasteiger partial charge is 0.437 e. The summed E-state index contributed by atoms with van der Waals surface area (Å²) in [5, 5.41) is 6.47. The van der Waals surface area contributed by atoms with Gasteiger partial charge < -0.3 is 4.57 Å². The molecule has 0 saturated heterocycles. The predicted octanol–water partition coefficient (Wildman–Crippen LogP) is 3.85. The van der Waals surface area contributed by atoms with Crippen LogP contribution in [0.15, 0.2) is 78.5 Å². The molecule has 0 bridgehead atoms. The summed E-state index contributed by atoms with van der Waals surface area (Å²) in [6.45, 7) is 1.78. The summed E-state index contributed by atoms with van der Waals surface area (Å²) in [6, 6.07) is 16.8. The number of benzene rings is 2. The summed E-state index contributed by atoms with van der Waals surface area (Å²) >= 11 is 0. The highest BCUT2D eigenvalue weighted by atomic mass is 16.7. The van der Waals surface area contributed by atoms with Crippen molar-refractivity contribution in [1.29, 1.82) is 0 Å². The molecule has 3 rings (SSSR count). The molecule has 120 valence electrons. The first kappa shape index (κ1) is 15.5. The summed E-state index contributed by atoms with van der Waals surface area (Å²) in [6.07, 6.45) is 4.69. The van der Waals surface area contributed by atoms with Crippen LogP contribution in [0.5, 0.6) is 0 Å². The Balaban J connectivity index is 1.62. The molecule has 0 radical (unpaired) electrons. The Morgan fingerprint density at radius 2 is 1.88 bits per heavy atom. The van der Waals surface area contributed by atoms with Crippen LogP contribution in [0.1, 0.15) is 12.5 Å². The zero-order chi connectivity index (χ0) is 16.8. The minimum absolute atomic E-state index is 0.607. The maximum Gasteiger partial charge on any atom is 0.437 e. The highest BCUT2D eigenvalue weighted by molar-refractivity contribution is 5.99. The zero-order valence-electron chi connectivity index (χ0n) is 13.1. The van der Waals surface area contributed by atoms with Crippen molar-refractivity contribution in [3.8, 4) is 5.69 Å². The molecule has 0 fully saturated rings. The second kappa shape index (κ2) is 7.23.